The molecule has 0 bridgehead atoms. The summed E-state index contributed by atoms with van der Waals surface area (Å²) in [5.41, 5.74) is 1.74. The van der Waals surface area contributed by atoms with Crippen LogP contribution >= 0.6 is 22.9 Å². The number of halogens is 1. The van der Waals surface area contributed by atoms with Gasteiger partial charge in [-0.05, 0) is 42.1 Å². The zero-order valence-corrected chi connectivity index (χ0v) is 12.4. The lowest BCUT2D eigenvalue weighted by Gasteiger charge is -2.07. The van der Waals surface area contributed by atoms with Crippen LogP contribution < -0.4 is 5.32 Å². The van der Waals surface area contributed by atoms with Crippen LogP contribution in [-0.4, -0.2) is 5.91 Å². The van der Waals surface area contributed by atoms with Crippen molar-refractivity contribution >= 4 is 44.6 Å². The Morgan fingerprint density at radius 1 is 1.15 bits per heavy atom. The highest BCUT2D eigenvalue weighted by atomic mass is 35.5. The van der Waals surface area contributed by atoms with Gasteiger partial charge in [0.2, 0.25) is 0 Å². The summed E-state index contributed by atoms with van der Waals surface area (Å²) in [5, 5.41) is 4.62. The van der Waals surface area contributed by atoms with Gasteiger partial charge in [-0.25, -0.2) is 0 Å². The molecule has 0 aliphatic carbocycles. The molecule has 0 saturated heterocycles. The number of amides is 1. The van der Waals surface area contributed by atoms with Gasteiger partial charge in [-0.15, -0.1) is 11.3 Å². The molecule has 0 aliphatic heterocycles. The molecule has 2 nitrogen and oxygen atoms in total. The summed E-state index contributed by atoms with van der Waals surface area (Å²) >= 11 is 7.45. The van der Waals surface area contributed by atoms with Gasteiger partial charge in [-0.3, -0.25) is 4.79 Å². The first kappa shape index (κ1) is 13.2. The van der Waals surface area contributed by atoms with Crippen LogP contribution in [0.1, 0.15) is 15.2 Å². The molecule has 0 radical (unpaired) electrons. The molecular weight excluding hydrogens is 290 g/mol. The normalized spacial score (nSPS) is 10.7. The third kappa shape index (κ3) is 2.55. The van der Waals surface area contributed by atoms with Gasteiger partial charge < -0.3 is 5.32 Å². The zero-order valence-electron chi connectivity index (χ0n) is 10.8. The first-order valence-corrected chi connectivity index (χ1v) is 7.39. The fraction of sp³-hybridized carbons (Fsp3) is 0.0625. The summed E-state index contributed by atoms with van der Waals surface area (Å²) in [7, 11) is 0. The minimum Gasteiger partial charge on any atom is -0.321 e. The van der Waals surface area contributed by atoms with Crippen LogP contribution in [0.4, 0.5) is 5.69 Å². The van der Waals surface area contributed by atoms with E-state index in [1.54, 1.807) is 6.07 Å². The monoisotopic (exact) mass is 301 g/mol. The third-order valence-electron chi connectivity index (χ3n) is 3.10. The number of fused-ring (bicyclic) bond motifs is 1. The number of aryl methyl sites for hydroxylation is 1. The van der Waals surface area contributed by atoms with Gasteiger partial charge in [0.25, 0.3) is 5.91 Å². The van der Waals surface area contributed by atoms with Crippen LogP contribution in [0.5, 0.6) is 0 Å². The maximum Gasteiger partial charge on any atom is 0.265 e. The van der Waals surface area contributed by atoms with Crippen LogP contribution in [0.15, 0.2) is 48.5 Å². The lowest BCUT2D eigenvalue weighted by molar-refractivity contribution is 0.103. The van der Waals surface area contributed by atoms with Gasteiger partial charge in [0.1, 0.15) is 0 Å². The quantitative estimate of drug-likeness (QED) is 0.699. The average Bonchev–Trinajstić information content (AvgIpc) is 2.87. The van der Waals surface area contributed by atoms with Gasteiger partial charge in [0.15, 0.2) is 0 Å². The number of carbonyl (C=O) groups excluding carboxylic acids is 1. The standard InChI is InChI=1S/C16H12ClNOS/c1-10-6-7-12(17)9-13(10)18-16(19)15-8-11-4-2-3-5-14(11)20-15/h2-9H,1H3,(H,18,19). The highest BCUT2D eigenvalue weighted by molar-refractivity contribution is 7.20. The molecule has 100 valence electrons. The van der Waals surface area contributed by atoms with Crippen LogP contribution in [0.2, 0.25) is 5.02 Å². The van der Waals surface area contributed by atoms with E-state index >= 15 is 0 Å². The Hall–Kier alpha value is -1.84. The first-order valence-electron chi connectivity index (χ1n) is 6.19. The highest BCUT2D eigenvalue weighted by Gasteiger charge is 2.11. The first-order chi connectivity index (χ1) is 9.63. The molecule has 1 heterocycles. The Bertz CT molecular complexity index is 761. The summed E-state index contributed by atoms with van der Waals surface area (Å²) in [6.07, 6.45) is 0. The van der Waals surface area contributed by atoms with Crippen molar-refractivity contribution in [2.75, 3.05) is 5.32 Å². The summed E-state index contributed by atoms with van der Waals surface area (Å²) in [5.74, 6) is -0.100. The average molecular weight is 302 g/mol. The number of nitrogens with one attached hydrogen (secondary N) is 1. The minimum atomic E-state index is -0.100. The predicted octanol–water partition coefficient (Wildman–Crippen LogP) is 5.12. The number of benzene rings is 2. The van der Waals surface area contributed by atoms with E-state index in [0.717, 1.165) is 21.3 Å². The van der Waals surface area contributed by atoms with Gasteiger partial charge in [-0.1, -0.05) is 35.9 Å². The lowest BCUT2D eigenvalue weighted by Crippen LogP contribution is -2.11. The van der Waals surface area contributed by atoms with E-state index in [9.17, 15) is 4.79 Å². The molecule has 1 aromatic heterocycles. The Balaban J connectivity index is 1.90. The van der Waals surface area contributed by atoms with Gasteiger partial charge in [-0.2, -0.15) is 0 Å². The summed E-state index contributed by atoms with van der Waals surface area (Å²) in [6.45, 7) is 1.94. The summed E-state index contributed by atoms with van der Waals surface area (Å²) < 4.78 is 1.11. The largest absolute Gasteiger partial charge is 0.321 e. The highest BCUT2D eigenvalue weighted by Crippen LogP contribution is 2.27. The number of thiophene rings is 1. The number of rotatable bonds is 2. The van der Waals surface area contributed by atoms with Crippen LogP contribution in [0, 0.1) is 6.92 Å². The molecule has 1 amide bonds. The van der Waals surface area contributed by atoms with E-state index in [1.165, 1.54) is 11.3 Å². The van der Waals surface area contributed by atoms with E-state index in [-0.39, 0.29) is 5.91 Å². The van der Waals surface area contributed by atoms with E-state index in [0.29, 0.717) is 9.90 Å². The summed E-state index contributed by atoms with van der Waals surface area (Å²) in [6, 6.07) is 15.3. The molecule has 1 N–H and O–H groups in total. The molecule has 3 aromatic rings. The number of anilines is 1. The van der Waals surface area contributed by atoms with Crippen molar-refractivity contribution in [1.82, 2.24) is 0 Å². The van der Waals surface area contributed by atoms with E-state index < -0.39 is 0 Å². The molecule has 0 unspecified atom stereocenters. The Morgan fingerprint density at radius 3 is 2.75 bits per heavy atom. The fourth-order valence-corrected chi connectivity index (χ4v) is 3.14. The molecule has 0 aliphatic rings. The number of hydrogen-bond donors (Lipinski definition) is 1. The maximum absolute atomic E-state index is 12.3. The predicted molar refractivity (Wildman–Crippen MR) is 86.0 cm³/mol. The molecule has 4 heteroatoms. The van der Waals surface area contributed by atoms with Crippen LogP contribution in [0.25, 0.3) is 10.1 Å². The molecule has 0 saturated carbocycles. The fourth-order valence-electron chi connectivity index (χ4n) is 2.01. The van der Waals surface area contributed by atoms with Crippen molar-refractivity contribution < 1.29 is 4.79 Å². The number of carbonyl (C=O) groups is 1. The van der Waals surface area contributed by atoms with Crippen molar-refractivity contribution in [3.63, 3.8) is 0 Å². The third-order valence-corrected chi connectivity index (χ3v) is 4.45. The van der Waals surface area contributed by atoms with Gasteiger partial charge >= 0.3 is 0 Å². The van der Waals surface area contributed by atoms with Crippen molar-refractivity contribution in [3.05, 3.63) is 64.0 Å². The lowest BCUT2D eigenvalue weighted by atomic mass is 10.2. The van der Waals surface area contributed by atoms with Gasteiger partial charge in [0, 0.05) is 15.4 Å². The van der Waals surface area contributed by atoms with Crippen LogP contribution in [0.3, 0.4) is 0 Å². The van der Waals surface area contributed by atoms with E-state index in [4.69, 9.17) is 11.6 Å². The minimum absolute atomic E-state index is 0.100. The van der Waals surface area contributed by atoms with Crippen molar-refractivity contribution in [1.29, 1.82) is 0 Å². The second-order valence-electron chi connectivity index (χ2n) is 4.56. The van der Waals surface area contributed by atoms with E-state index in [2.05, 4.69) is 5.32 Å². The van der Waals surface area contributed by atoms with Crippen molar-refractivity contribution in [3.8, 4) is 0 Å². The Labute approximate surface area is 126 Å². The SMILES string of the molecule is Cc1ccc(Cl)cc1NC(=O)c1cc2ccccc2s1. The van der Waals surface area contributed by atoms with Crippen molar-refractivity contribution in [2.24, 2.45) is 0 Å². The van der Waals surface area contributed by atoms with Crippen LogP contribution in [-0.2, 0) is 0 Å². The second-order valence-corrected chi connectivity index (χ2v) is 6.08. The zero-order chi connectivity index (χ0) is 14.1. The second kappa shape index (κ2) is 5.27. The molecule has 20 heavy (non-hydrogen) atoms. The van der Waals surface area contributed by atoms with Crippen molar-refractivity contribution in [2.45, 2.75) is 6.92 Å². The summed E-state index contributed by atoms with van der Waals surface area (Å²) in [4.78, 5) is 13.0. The molecule has 2 aromatic carbocycles. The topological polar surface area (TPSA) is 29.1 Å². The smallest absolute Gasteiger partial charge is 0.265 e. The Kier molecular flexibility index (Phi) is 3.47. The van der Waals surface area contributed by atoms with E-state index in [1.807, 2.05) is 49.4 Å². The molecular formula is C16H12ClNOS. The molecule has 3 rings (SSSR count). The molecule has 0 spiro atoms. The number of hydrogen-bond acceptors (Lipinski definition) is 2. The maximum atomic E-state index is 12.3. The molecule has 0 atom stereocenters. The Morgan fingerprint density at radius 2 is 1.95 bits per heavy atom. The molecule has 0 fully saturated rings. The van der Waals surface area contributed by atoms with Gasteiger partial charge in [0.05, 0.1) is 4.88 Å².